The van der Waals surface area contributed by atoms with Crippen LogP contribution in [0.2, 0.25) is 0 Å². The second-order valence-electron chi connectivity index (χ2n) is 3.94. The first kappa shape index (κ1) is 13.5. The van der Waals surface area contributed by atoms with Crippen molar-refractivity contribution in [1.29, 1.82) is 0 Å². The second kappa shape index (κ2) is 5.36. The molecule has 1 aromatic rings. The Balaban J connectivity index is 2.52. The van der Waals surface area contributed by atoms with Crippen LogP contribution >= 0.6 is 11.8 Å². The van der Waals surface area contributed by atoms with Crippen molar-refractivity contribution in [2.45, 2.75) is 0 Å². The standard InChI is InChI=1S/C13H13NO4S/c1-14-6-8-4-10(12(15)17-2)19-11(13(16)18-3)5-9(8)7-14/h4-7H,1-3H3. The fourth-order valence-electron chi connectivity index (χ4n) is 1.73. The van der Waals surface area contributed by atoms with Crippen molar-refractivity contribution in [3.05, 3.63) is 33.3 Å². The van der Waals surface area contributed by atoms with Gasteiger partial charge in [-0.05, 0) is 12.2 Å². The van der Waals surface area contributed by atoms with Gasteiger partial charge in [0, 0.05) is 30.6 Å². The largest absolute Gasteiger partial charge is 0.465 e. The molecule has 0 N–H and O–H groups in total. The van der Waals surface area contributed by atoms with Crippen LogP contribution in [0.4, 0.5) is 0 Å². The third-order valence-corrected chi connectivity index (χ3v) is 3.59. The van der Waals surface area contributed by atoms with E-state index < -0.39 is 11.9 Å². The van der Waals surface area contributed by atoms with Crippen LogP contribution in [-0.4, -0.2) is 30.7 Å². The van der Waals surface area contributed by atoms with Crippen LogP contribution in [-0.2, 0) is 26.1 Å². The van der Waals surface area contributed by atoms with Crippen LogP contribution in [0.15, 0.2) is 22.2 Å². The normalized spacial score (nSPS) is 13.8. The minimum Gasteiger partial charge on any atom is -0.465 e. The first-order valence-electron chi connectivity index (χ1n) is 5.49. The summed E-state index contributed by atoms with van der Waals surface area (Å²) in [5.41, 5.74) is 1.71. The molecule has 0 fully saturated rings. The molecule has 0 amide bonds. The van der Waals surface area contributed by atoms with E-state index in [1.165, 1.54) is 14.2 Å². The van der Waals surface area contributed by atoms with Gasteiger partial charge in [0.2, 0.25) is 0 Å². The number of aromatic nitrogens is 1. The minimum atomic E-state index is -0.475. The molecule has 0 atom stereocenters. The maximum absolute atomic E-state index is 11.7. The summed E-state index contributed by atoms with van der Waals surface area (Å²) >= 11 is 1.05. The smallest absolute Gasteiger partial charge is 0.344 e. The minimum absolute atomic E-state index is 0.351. The molecule has 0 saturated carbocycles. The SMILES string of the molecule is COC(=O)C1=Cc2cn(C)cc2C=C(C(=O)OC)S1. The fourth-order valence-corrected chi connectivity index (χ4v) is 2.67. The number of carbonyl (C=O) groups is 2. The summed E-state index contributed by atoms with van der Waals surface area (Å²) in [5.74, 6) is -0.951. The van der Waals surface area contributed by atoms with Crippen molar-refractivity contribution in [3.63, 3.8) is 0 Å². The molecule has 6 heteroatoms. The summed E-state index contributed by atoms with van der Waals surface area (Å²) in [6.45, 7) is 0. The van der Waals surface area contributed by atoms with Gasteiger partial charge in [0.25, 0.3) is 0 Å². The first-order chi connectivity index (χ1) is 9.05. The lowest BCUT2D eigenvalue weighted by atomic mass is 10.2. The monoisotopic (exact) mass is 279 g/mol. The van der Waals surface area contributed by atoms with Crippen LogP contribution in [0.25, 0.3) is 12.2 Å². The van der Waals surface area contributed by atoms with Gasteiger partial charge in [-0.2, -0.15) is 0 Å². The van der Waals surface area contributed by atoms with Gasteiger partial charge >= 0.3 is 11.9 Å². The van der Waals surface area contributed by atoms with Crippen LogP contribution in [0.3, 0.4) is 0 Å². The highest BCUT2D eigenvalue weighted by Gasteiger charge is 2.22. The molecule has 0 bridgehead atoms. The van der Waals surface area contributed by atoms with Crippen molar-refractivity contribution >= 4 is 35.9 Å². The molecular weight excluding hydrogens is 266 g/mol. The first-order valence-corrected chi connectivity index (χ1v) is 6.30. The molecule has 2 rings (SSSR count). The Morgan fingerprint density at radius 1 is 1.00 bits per heavy atom. The highest BCUT2D eigenvalue weighted by molar-refractivity contribution is 8.08. The van der Waals surface area contributed by atoms with Gasteiger partial charge in [-0.25, -0.2) is 9.59 Å². The van der Waals surface area contributed by atoms with E-state index in [4.69, 9.17) is 9.47 Å². The zero-order valence-corrected chi connectivity index (χ0v) is 11.6. The van der Waals surface area contributed by atoms with E-state index in [9.17, 15) is 9.59 Å². The van der Waals surface area contributed by atoms with Crippen molar-refractivity contribution in [2.75, 3.05) is 14.2 Å². The molecule has 100 valence electrons. The Morgan fingerprint density at radius 3 is 1.79 bits per heavy atom. The van der Waals surface area contributed by atoms with Gasteiger partial charge in [0.15, 0.2) is 0 Å². The van der Waals surface area contributed by atoms with E-state index in [1.807, 2.05) is 24.0 Å². The van der Waals surface area contributed by atoms with E-state index in [1.54, 1.807) is 12.2 Å². The maximum atomic E-state index is 11.7. The van der Waals surface area contributed by atoms with Crippen LogP contribution in [0.5, 0.6) is 0 Å². The zero-order valence-electron chi connectivity index (χ0n) is 10.8. The number of carbonyl (C=O) groups excluding carboxylic acids is 2. The number of hydrogen-bond donors (Lipinski definition) is 0. The highest BCUT2D eigenvalue weighted by atomic mass is 32.2. The predicted molar refractivity (Wildman–Crippen MR) is 73.0 cm³/mol. The molecular formula is C13H13NO4S. The number of rotatable bonds is 2. The van der Waals surface area contributed by atoms with E-state index >= 15 is 0 Å². The molecule has 2 heterocycles. The molecule has 0 aliphatic carbocycles. The second-order valence-corrected chi connectivity index (χ2v) is 5.02. The molecule has 0 unspecified atom stereocenters. The third-order valence-electron chi connectivity index (χ3n) is 2.59. The van der Waals surface area contributed by atoms with E-state index in [0.717, 1.165) is 22.9 Å². The fraction of sp³-hybridized carbons (Fsp3) is 0.231. The Hall–Kier alpha value is -1.95. The number of fused-ring (bicyclic) bond motifs is 1. The average Bonchev–Trinajstić information content (AvgIpc) is 2.64. The molecule has 1 aliphatic rings. The summed E-state index contributed by atoms with van der Waals surface area (Å²) < 4.78 is 11.3. The molecule has 0 saturated heterocycles. The third kappa shape index (κ3) is 2.73. The Bertz CT molecular complexity index is 548. The van der Waals surface area contributed by atoms with Gasteiger partial charge in [0.1, 0.15) is 0 Å². The van der Waals surface area contributed by atoms with Gasteiger partial charge in [-0.1, -0.05) is 11.8 Å². The number of methoxy groups -OCH3 is 2. The number of ether oxygens (including phenoxy) is 2. The molecule has 0 aromatic carbocycles. The number of esters is 2. The summed E-state index contributed by atoms with van der Waals surface area (Å²) in [7, 11) is 4.49. The maximum Gasteiger partial charge on any atom is 0.344 e. The van der Waals surface area contributed by atoms with Crippen LogP contribution < -0.4 is 0 Å². The van der Waals surface area contributed by atoms with E-state index in [0.29, 0.717) is 9.81 Å². The molecule has 1 aliphatic heterocycles. The lowest BCUT2D eigenvalue weighted by Gasteiger charge is -2.05. The molecule has 19 heavy (non-hydrogen) atoms. The number of aryl methyl sites for hydroxylation is 1. The van der Waals surface area contributed by atoms with Crippen LogP contribution in [0, 0.1) is 0 Å². The van der Waals surface area contributed by atoms with Gasteiger partial charge in [-0.15, -0.1) is 0 Å². The topological polar surface area (TPSA) is 57.5 Å². The van der Waals surface area contributed by atoms with Crippen molar-refractivity contribution < 1.29 is 19.1 Å². The summed E-state index contributed by atoms with van der Waals surface area (Å²) in [5, 5.41) is 0. The lowest BCUT2D eigenvalue weighted by Crippen LogP contribution is -2.06. The molecule has 0 spiro atoms. The number of hydrogen-bond acceptors (Lipinski definition) is 5. The van der Waals surface area contributed by atoms with Crippen LogP contribution in [0.1, 0.15) is 11.1 Å². The Kier molecular flexibility index (Phi) is 3.80. The van der Waals surface area contributed by atoms with Gasteiger partial charge < -0.3 is 14.0 Å². The number of thioether (sulfide) groups is 1. The quantitative estimate of drug-likeness (QED) is 0.773. The summed E-state index contributed by atoms with van der Waals surface area (Å²) in [6.07, 6.45) is 7.15. The Morgan fingerprint density at radius 2 is 1.42 bits per heavy atom. The van der Waals surface area contributed by atoms with E-state index in [2.05, 4.69) is 0 Å². The predicted octanol–water partition coefficient (Wildman–Crippen LogP) is 1.80. The molecule has 5 nitrogen and oxygen atoms in total. The van der Waals surface area contributed by atoms with Gasteiger partial charge in [0.05, 0.1) is 24.0 Å². The van der Waals surface area contributed by atoms with E-state index in [-0.39, 0.29) is 0 Å². The highest BCUT2D eigenvalue weighted by Crippen LogP contribution is 2.35. The van der Waals surface area contributed by atoms with Crippen molar-refractivity contribution in [1.82, 2.24) is 4.57 Å². The molecule has 0 radical (unpaired) electrons. The lowest BCUT2D eigenvalue weighted by molar-refractivity contribution is -0.135. The van der Waals surface area contributed by atoms with Gasteiger partial charge in [-0.3, -0.25) is 0 Å². The average molecular weight is 279 g/mol. The summed E-state index contributed by atoms with van der Waals surface area (Å²) in [4.78, 5) is 24.1. The zero-order chi connectivity index (χ0) is 14.0. The van der Waals surface area contributed by atoms with Crippen molar-refractivity contribution in [3.8, 4) is 0 Å². The number of nitrogens with zero attached hydrogens (tertiary/aromatic N) is 1. The van der Waals surface area contributed by atoms with Crippen molar-refractivity contribution in [2.24, 2.45) is 7.05 Å². The Labute approximate surface area is 114 Å². The molecule has 1 aromatic heterocycles. The summed E-state index contributed by atoms with van der Waals surface area (Å²) in [6, 6.07) is 0.